The van der Waals surface area contributed by atoms with E-state index in [1.54, 1.807) is 49.7 Å². The van der Waals surface area contributed by atoms with Crippen molar-refractivity contribution < 1.29 is 32.6 Å². The van der Waals surface area contributed by atoms with Crippen LogP contribution in [0, 0.1) is 0 Å². The van der Waals surface area contributed by atoms with Crippen LogP contribution in [0.15, 0.2) is 79.0 Å². The molecule has 0 fully saturated rings. The fourth-order valence-corrected chi connectivity index (χ4v) is 4.26. The minimum Gasteiger partial charge on any atom is -0.383 e. The zero-order valence-corrected chi connectivity index (χ0v) is 23.6. The first kappa shape index (κ1) is 32.3. The molecule has 12 heteroatoms. The summed E-state index contributed by atoms with van der Waals surface area (Å²) in [5.74, 6) is -0.285. The third-order valence-corrected chi connectivity index (χ3v) is 6.51. The van der Waals surface area contributed by atoms with Gasteiger partial charge in [0.05, 0.1) is 12.2 Å². The molecule has 1 aliphatic heterocycles. The number of aliphatic hydroxyl groups excluding tert-OH is 1. The molecule has 3 N–H and O–H groups in total. The largest absolute Gasteiger partial charge is 0.416 e. The number of aromatic nitrogens is 1. The van der Waals surface area contributed by atoms with Crippen molar-refractivity contribution in [1.82, 2.24) is 4.98 Å². The number of likely N-dealkylation sites (N-methyl/N-ethyl adjacent to an activating group) is 1. The normalized spacial score (nSPS) is 15.0. The van der Waals surface area contributed by atoms with Crippen LogP contribution in [0.5, 0.6) is 0 Å². The molecule has 0 saturated heterocycles. The number of benzene rings is 2. The van der Waals surface area contributed by atoms with E-state index in [0.29, 0.717) is 52.6 Å². The van der Waals surface area contributed by atoms with Crippen LogP contribution in [0.2, 0.25) is 0 Å². The Morgan fingerprint density at radius 2 is 1.88 bits per heavy atom. The van der Waals surface area contributed by atoms with Crippen molar-refractivity contribution in [3.8, 4) is 0 Å². The van der Waals surface area contributed by atoms with E-state index < -0.39 is 29.7 Å². The summed E-state index contributed by atoms with van der Waals surface area (Å²) in [6, 6.07) is 13.4. The number of aliphatic hydroxyl groups is 1. The monoisotopic (exact) mass is 602 g/mol. The second-order valence-electron chi connectivity index (χ2n) is 9.36. The highest BCUT2D eigenvalue weighted by molar-refractivity contribution is 6.03. The number of fused-ring (bicyclic) bond motifs is 1. The molecule has 2 amide bonds. The van der Waals surface area contributed by atoms with Crippen molar-refractivity contribution in [2.24, 2.45) is 0 Å². The number of halogens is 4. The number of rotatable bonds is 9. The molecule has 0 bridgehead atoms. The van der Waals surface area contributed by atoms with E-state index in [2.05, 4.69) is 15.6 Å². The van der Waals surface area contributed by atoms with Crippen molar-refractivity contribution in [1.29, 1.82) is 0 Å². The number of ether oxygens (including phenoxy) is 1. The summed E-state index contributed by atoms with van der Waals surface area (Å²) in [5.41, 5.74) is 2.49. The molecular weight excluding hydrogens is 573 g/mol. The first-order valence-corrected chi connectivity index (χ1v) is 12.7. The average Bonchev–Trinajstić information content (AvgIpc) is 2.95. The molecule has 0 radical (unpaired) electrons. The third-order valence-electron chi connectivity index (χ3n) is 6.51. The minimum atomic E-state index is -4.47. The average molecular weight is 603 g/mol. The van der Waals surface area contributed by atoms with Gasteiger partial charge in [0, 0.05) is 61.9 Å². The highest BCUT2D eigenvalue weighted by Crippen LogP contribution is 2.32. The van der Waals surface area contributed by atoms with Crippen molar-refractivity contribution in [2.75, 3.05) is 42.8 Å². The van der Waals surface area contributed by atoms with E-state index in [1.165, 1.54) is 24.3 Å². The summed E-state index contributed by atoms with van der Waals surface area (Å²) in [7, 11) is 3.48. The Bertz CT molecular complexity index is 1460. The summed E-state index contributed by atoms with van der Waals surface area (Å²) in [6.07, 6.45) is 0.387. The van der Waals surface area contributed by atoms with Crippen molar-refractivity contribution in [3.05, 3.63) is 101 Å². The summed E-state index contributed by atoms with van der Waals surface area (Å²) in [4.78, 5) is 30.9. The number of allylic oxidation sites excluding steroid dienone is 2. The van der Waals surface area contributed by atoms with Crippen molar-refractivity contribution in [2.45, 2.75) is 18.7 Å². The Balaban J connectivity index is 0.00000484. The Morgan fingerprint density at radius 1 is 1.17 bits per heavy atom. The number of hydrogen-bond acceptors (Lipinski definition) is 6. The Morgan fingerprint density at radius 3 is 2.52 bits per heavy atom. The standard InChI is InChI=1S/C30H29F3N4O4.ClH/c1-37(15-16-41-2)27-14-11-20(18-34-27)22(19-9-12-21(13-10-19)30(31,32)33)5-3-8-28(39)35-24-6-4-7-25-23(24)17-26(38)29(40)36-25;/h3-14,18,26,38H,15-17H2,1-2H3,(H,35,39)(H,36,40);1H/b8-3+,22-5+;. The Labute approximate surface area is 247 Å². The topological polar surface area (TPSA) is 104 Å². The number of nitrogens with one attached hydrogen (secondary N) is 2. The van der Waals surface area contributed by atoms with Crippen LogP contribution >= 0.6 is 12.4 Å². The second-order valence-corrected chi connectivity index (χ2v) is 9.36. The first-order chi connectivity index (χ1) is 19.6. The van der Waals surface area contributed by atoms with Crippen molar-refractivity contribution >= 4 is 47.0 Å². The number of methoxy groups -OCH3 is 1. The number of anilines is 3. The van der Waals surface area contributed by atoms with Crippen LogP contribution < -0.4 is 15.5 Å². The van der Waals surface area contributed by atoms with Crippen LogP contribution in [-0.2, 0) is 26.9 Å². The maximum absolute atomic E-state index is 13.1. The molecule has 222 valence electrons. The maximum atomic E-state index is 13.1. The van der Waals surface area contributed by atoms with E-state index in [1.807, 2.05) is 11.9 Å². The fourth-order valence-electron chi connectivity index (χ4n) is 4.26. The smallest absolute Gasteiger partial charge is 0.383 e. The molecule has 0 aliphatic carbocycles. The first-order valence-electron chi connectivity index (χ1n) is 12.7. The number of carbonyl (C=O) groups excluding carboxylic acids is 2. The van der Waals surface area contributed by atoms with Crippen LogP contribution in [0.4, 0.5) is 30.4 Å². The predicted molar refractivity (Wildman–Crippen MR) is 158 cm³/mol. The molecule has 1 aliphatic rings. The van der Waals surface area contributed by atoms with Gasteiger partial charge in [0.2, 0.25) is 5.91 Å². The van der Waals surface area contributed by atoms with Crippen LogP contribution in [0.3, 0.4) is 0 Å². The lowest BCUT2D eigenvalue weighted by Crippen LogP contribution is -2.34. The summed E-state index contributed by atoms with van der Waals surface area (Å²) >= 11 is 0. The molecule has 2 heterocycles. The van der Waals surface area contributed by atoms with Gasteiger partial charge in [0.15, 0.2) is 0 Å². The van der Waals surface area contributed by atoms with Gasteiger partial charge in [-0.1, -0.05) is 30.4 Å². The van der Waals surface area contributed by atoms with Crippen LogP contribution in [0.25, 0.3) is 5.57 Å². The molecule has 3 aromatic rings. The third kappa shape index (κ3) is 7.96. The SMILES string of the molecule is COCCN(C)c1ccc(/C(=C/C=C/C(=O)Nc2cccc3c2CC(O)C(=O)N3)c2ccc(C(F)(F)F)cc2)cn1.Cl. The fraction of sp³-hybridized carbons (Fsp3) is 0.233. The molecule has 4 rings (SSSR count). The van der Waals surface area contributed by atoms with Gasteiger partial charge in [-0.25, -0.2) is 4.98 Å². The van der Waals surface area contributed by atoms with E-state index in [4.69, 9.17) is 4.74 Å². The quantitative estimate of drug-likeness (QED) is 0.233. The highest BCUT2D eigenvalue weighted by Gasteiger charge is 2.30. The van der Waals surface area contributed by atoms with Gasteiger partial charge in [-0.05, 0) is 47.5 Å². The lowest BCUT2D eigenvalue weighted by Gasteiger charge is -2.23. The summed E-state index contributed by atoms with van der Waals surface area (Å²) in [6.45, 7) is 1.14. The number of nitrogens with zero attached hydrogens (tertiary/aromatic N) is 2. The second kappa shape index (κ2) is 14.1. The molecule has 0 spiro atoms. The lowest BCUT2D eigenvalue weighted by molar-refractivity contribution is -0.137. The number of hydrogen-bond donors (Lipinski definition) is 3. The molecule has 8 nitrogen and oxygen atoms in total. The van der Waals surface area contributed by atoms with E-state index in [9.17, 15) is 27.9 Å². The van der Waals surface area contributed by atoms with Gasteiger partial charge in [-0.3, -0.25) is 9.59 Å². The van der Waals surface area contributed by atoms with Gasteiger partial charge in [0.1, 0.15) is 11.9 Å². The molecular formula is C30H30ClF3N4O4. The molecule has 2 aromatic carbocycles. The zero-order valence-electron chi connectivity index (χ0n) is 22.8. The van der Waals surface area contributed by atoms with Gasteiger partial charge < -0.3 is 25.4 Å². The van der Waals surface area contributed by atoms with Gasteiger partial charge >= 0.3 is 6.18 Å². The van der Waals surface area contributed by atoms with Crippen LogP contribution in [0.1, 0.15) is 22.3 Å². The lowest BCUT2D eigenvalue weighted by atomic mass is 9.97. The summed E-state index contributed by atoms with van der Waals surface area (Å²) < 4.78 is 44.5. The van der Waals surface area contributed by atoms with Gasteiger partial charge in [-0.15, -0.1) is 12.4 Å². The minimum absolute atomic E-state index is 0. The van der Waals surface area contributed by atoms with Crippen LogP contribution in [-0.4, -0.2) is 55.3 Å². The molecule has 1 unspecified atom stereocenters. The number of alkyl halides is 3. The van der Waals surface area contributed by atoms with E-state index in [-0.39, 0.29) is 18.8 Å². The Kier molecular flexibility index (Phi) is 10.9. The van der Waals surface area contributed by atoms with Crippen molar-refractivity contribution in [3.63, 3.8) is 0 Å². The number of amides is 2. The molecule has 1 atom stereocenters. The Hall–Kier alpha value is -4.19. The summed E-state index contributed by atoms with van der Waals surface area (Å²) in [5, 5.41) is 15.3. The van der Waals surface area contributed by atoms with E-state index >= 15 is 0 Å². The van der Waals surface area contributed by atoms with Gasteiger partial charge in [-0.2, -0.15) is 13.2 Å². The molecule has 42 heavy (non-hydrogen) atoms. The molecule has 0 saturated carbocycles. The molecule has 1 aromatic heterocycles. The number of pyridine rings is 1. The predicted octanol–water partition coefficient (Wildman–Crippen LogP) is 5.09. The van der Waals surface area contributed by atoms with Gasteiger partial charge in [0.25, 0.3) is 5.91 Å². The highest BCUT2D eigenvalue weighted by atomic mass is 35.5. The van der Waals surface area contributed by atoms with E-state index in [0.717, 1.165) is 12.1 Å². The number of carbonyl (C=O) groups is 2. The zero-order chi connectivity index (χ0) is 29.6. The maximum Gasteiger partial charge on any atom is 0.416 e.